The molecule has 3 aliphatic heterocycles. The third-order valence-electron chi connectivity index (χ3n) is 8.60. The molecule has 3 heterocycles. The lowest BCUT2D eigenvalue weighted by atomic mass is 9.75. The Morgan fingerprint density at radius 1 is 1.07 bits per heavy atom. The first-order valence-electron chi connectivity index (χ1n) is 13.7. The first-order chi connectivity index (χ1) is 20.0. The zero-order valence-corrected chi connectivity index (χ0v) is 25.1. The fourth-order valence-corrected chi connectivity index (χ4v) is 6.98. The molecule has 1 fully saturated rings. The third kappa shape index (κ3) is 4.20. The number of phenolic OH excluding ortho intramolecular Hbond substituents is 1. The quantitative estimate of drug-likeness (QED) is 0.390. The average Bonchev–Trinajstić information content (AvgIpc) is 2.93. The van der Waals surface area contributed by atoms with Gasteiger partial charge in [0.25, 0.3) is 0 Å². The molecule has 0 saturated carbocycles. The number of aryl methyl sites for hydroxylation is 1. The van der Waals surface area contributed by atoms with Gasteiger partial charge in [0.05, 0.1) is 39.5 Å². The molecule has 0 aromatic heterocycles. The summed E-state index contributed by atoms with van der Waals surface area (Å²) in [4.78, 5) is 28.7. The number of likely N-dealkylation sites (N-methyl/N-ethyl adjacent to an activating group) is 1. The summed E-state index contributed by atoms with van der Waals surface area (Å²) in [5.41, 5.74) is 4.92. The Morgan fingerprint density at radius 3 is 2.31 bits per heavy atom. The lowest BCUT2D eigenvalue weighted by Gasteiger charge is -2.57. The van der Waals surface area contributed by atoms with Crippen LogP contribution in [0.3, 0.4) is 0 Å². The fraction of sp³-hybridized carbons (Fsp3) is 0.452. The molecule has 0 unspecified atom stereocenters. The molecule has 0 aliphatic carbocycles. The lowest BCUT2D eigenvalue weighted by molar-refractivity contribution is -0.132. The van der Waals surface area contributed by atoms with Crippen LogP contribution in [0, 0.1) is 25.2 Å². The Hall–Kier alpha value is -4.43. The van der Waals surface area contributed by atoms with E-state index in [-0.39, 0.29) is 24.2 Å². The highest BCUT2D eigenvalue weighted by atomic mass is 16.5. The van der Waals surface area contributed by atoms with Crippen LogP contribution in [0.5, 0.6) is 28.7 Å². The monoisotopic (exact) mass is 576 g/mol. The number of fused-ring (bicyclic) bond motifs is 7. The molecule has 5 rings (SSSR count). The zero-order chi connectivity index (χ0) is 30.6. The van der Waals surface area contributed by atoms with Crippen molar-refractivity contribution in [2.75, 3.05) is 34.9 Å². The molecule has 0 spiro atoms. The number of ether oxygens (including phenoxy) is 4. The van der Waals surface area contributed by atoms with Gasteiger partial charge in [0.1, 0.15) is 11.8 Å². The van der Waals surface area contributed by atoms with E-state index in [1.165, 1.54) is 35.2 Å². The van der Waals surface area contributed by atoms with Crippen molar-refractivity contribution in [3.8, 4) is 34.8 Å². The van der Waals surface area contributed by atoms with Crippen LogP contribution in [0.1, 0.15) is 59.3 Å². The number of benzene rings is 2. The molecule has 3 aliphatic rings. The second-order valence-electron chi connectivity index (χ2n) is 10.9. The molecule has 222 valence electrons. The van der Waals surface area contributed by atoms with E-state index in [9.17, 15) is 20.0 Å². The molecule has 2 aromatic rings. The molecule has 2 bridgehead atoms. The van der Waals surface area contributed by atoms with E-state index in [4.69, 9.17) is 18.9 Å². The molecule has 42 heavy (non-hydrogen) atoms. The van der Waals surface area contributed by atoms with Crippen molar-refractivity contribution in [1.82, 2.24) is 15.1 Å². The lowest BCUT2D eigenvalue weighted by Crippen LogP contribution is -2.62. The van der Waals surface area contributed by atoms with E-state index in [0.717, 1.165) is 11.1 Å². The largest absolute Gasteiger partial charge is 0.504 e. The highest BCUT2D eigenvalue weighted by molar-refractivity contribution is 5.81. The van der Waals surface area contributed by atoms with Gasteiger partial charge < -0.3 is 34.3 Å². The number of nitriles is 1. The van der Waals surface area contributed by atoms with Gasteiger partial charge in [0.2, 0.25) is 5.91 Å². The summed E-state index contributed by atoms with van der Waals surface area (Å²) in [6.07, 6.45) is 2.42. The smallest absolute Gasteiger partial charge is 0.308 e. The molecular formula is C31H36N4O7. The van der Waals surface area contributed by atoms with Crippen molar-refractivity contribution in [3.05, 3.63) is 45.1 Å². The maximum absolute atomic E-state index is 12.3. The number of hydrogen-bond donors (Lipinski definition) is 2. The Kier molecular flexibility index (Phi) is 7.45. The van der Waals surface area contributed by atoms with Crippen molar-refractivity contribution in [2.24, 2.45) is 0 Å². The van der Waals surface area contributed by atoms with Crippen LogP contribution in [0.2, 0.25) is 0 Å². The van der Waals surface area contributed by atoms with Crippen LogP contribution in [0.15, 0.2) is 11.8 Å². The highest BCUT2D eigenvalue weighted by Crippen LogP contribution is 2.58. The van der Waals surface area contributed by atoms with Gasteiger partial charge in [-0.3, -0.25) is 14.5 Å². The van der Waals surface area contributed by atoms with Gasteiger partial charge in [-0.25, -0.2) is 0 Å². The summed E-state index contributed by atoms with van der Waals surface area (Å²) in [5.74, 6) is 0.808. The van der Waals surface area contributed by atoms with Gasteiger partial charge in [0, 0.05) is 54.4 Å². The van der Waals surface area contributed by atoms with Gasteiger partial charge in [-0.2, -0.15) is 5.26 Å². The summed E-state index contributed by atoms with van der Waals surface area (Å²) in [5, 5.41) is 25.1. The van der Waals surface area contributed by atoms with Crippen molar-refractivity contribution >= 4 is 18.0 Å². The standard InChI is InChI=1S/C31H36N4O7/c1-14-9-18-10-20-22(12-32)35-21(26(34(20)5)24(18)27(38)28(14)39-6)11-19-25(23(35)13-33-16(3)36)31(41-8)30(40-7)15(2)29(19)42-17(4)37/h9,11,20,22-23,26,38H,10,13H2,1-8H3,(H,33,36)/t20-,22-,23-,26-/m0/s1. The van der Waals surface area contributed by atoms with Gasteiger partial charge in [0.15, 0.2) is 23.0 Å². The van der Waals surface area contributed by atoms with Crippen LogP contribution in [-0.2, 0) is 16.0 Å². The summed E-state index contributed by atoms with van der Waals surface area (Å²) in [6, 6.07) is 2.62. The molecule has 0 radical (unpaired) electrons. The number of phenols is 1. The van der Waals surface area contributed by atoms with E-state index < -0.39 is 24.1 Å². The maximum Gasteiger partial charge on any atom is 0.308 e. The van der Waals surface area contributed by atoms with Crippen LogP contribution in [-0.4, -0.2) is 73.8 Å². The second-order valence-corrected chi connectivity index (χ2v) is 10.9. The van der Waals surface area contributed by atoms with Gasteiger partial charge in [-0.15, -0.1) is 0 Å². The van der Waals surface area contributed by atoms with Crippen molar-refractivity contribution in [1.29, 1.82) is 5.26 Å². The first kappa shape index (κ1) is 29.1. The predicted octanol–water partition coefficient (Wildman–Crippen LogP) is 3.30. The number of esters is 1. The number of amides is 1. The third-order valence-corrected chi connectivity index (χ3v) is 8.60. The average molecular weight is 577 g/mol. The molecular weight excluding hydrogens is 540 g/mol. The molecule has 2 N–H and O–H groups in total. The van der Waals surface area contributed by atoms with Crippen LogP contribution in [0.25, 0.3) is 6.08 Å². The number of methoxy groups -OCH3 is 3. The summed E-state index contributed by atoms with van der Waals surface area (Å²) in [6.45, 7) is 6.56. The number of carbonyl (C=O) groups excluding carboxylic acids is 2. The number of hydrogen-bond acceptors (Lipinski definition) is 10. The summed E-state index contributed by atoms with van der Waals surface area (Å²) < 4.78 is 23.0. The molecule has 2 aromatic carbocycles. The molecule has 11 heteroatoms. The Bertz CT molecular complexity index is 1560. The number of carbonyl (C=O) groups is 2. The van der Waals surface area contributed by atoms with Crippen molar-refractivity contribution < 1.29 is 33.6 Å². The molecule has 1 saturated heterocycles. The molecule has 11 nitrogen and oxygen atoms in total. The van der Waals surface area contributed by atoms with E-state index in [1.54, 1.807) is 6.92 Å². The van der Waals surface area contributed by atoms with Gasteiger partial charge in [-0.05, 0) is 44.5 Å². The van der Waals surface area contributed by atoms with Crippen molar-refractivity contribution in [3.63, 3.8) is 0 Å². The minimum atomic E-state index is -0.628. The summed E-state index contributed by atoms with van der Waals surface area (Å²) >= 11 is 0. The van der Waals surface area contributed by atoms with E-state index in [1.807, 2.05) is 31.0 Å². The minimum Gasteiger partial charge on any atom is -0.504 e. The van der Waals surface area contributed by atoms with Crippen LogP contribution < -0.4 is 24.3 Å². The normalized spacial score (nSPS) is 22.1. The Labute approximate surface area is 245 Å². The zero-order valence-electron chi connectivity index (χ0n) is 25.1. The van der Waals surface area contributed by atoms with E-state index in [2.05, 4.69) is 16.3 Å². The number of aromatic hydroxyl groups is 1. The van der Waals surface area contributed by atoms with Crippen molar-refractivity contribution in [2.45, 2.75) is 58.3 Å². The second kappa shape index (κ2) is 10.8. The topological polar surface area (TPSA) is 134 Å². The van der Waals surface area contributed by atoms with Crippen LogP contribution in [0.4, 0.5) is 0 Å². The highest BCUT2D eigenvalue weighted by Gasteiger charge is 2.53. The minimum absolute atomic E-state index is 0.0481. The molecule has 4 atom stereocenters. The van der Waals surface area contributed by atoms with Gasteiger partial charge >= 0.3 is 5.97 Å². The predicted molar refractivity (Wildman–Crippen MR) is 154 cm³/mol. The summed E-state index contributed by atoms with van der Waals surface area (Å²) in [7, 11) is 6.50. The Balaban J connectivity index is 1.90. The first-order valence-corrected chi connectivity index (χ1v) is 13.7. The number of piperazine rings is 1. The fourth-order valence-electron chi connectivity index (χ4n) is 6.98. The Morgan fingerprint density at radius 2 is 1.74 bits per heavy atom. The van der Waals surface area contributed by atoms with Gasteiger partial charge in [-0.1, -0.05) is 6.07 Å². The van der Waals surface area contributed by atoms with E-state index >= 15 is 0 Å². The number of rotatable bonds is 6. The molecule has 1 amide bonds. The number of nitrogens with zero attached hydrogens (tertiary/aromatic N) is 3. The SMILES string of the molecule is COc1c(C)cc2c(c1O)[C@@H]1C3=Cc4c(OC(C)=O)c(C)c(OC)c(OC)c4[C@H](CNC(C)=O)N3[C@@H](C#N)[C@H](C2)N1C. The van der Waals surface area contributed by atoms with E-state index in [0.29, 0.717) is 57.4 Å². The maximum atomic E-state index is 12.3. The van der Waals surface area contributed by atoms with Crippen LogP contribution >= 0.6 is 0 Å². The number of nitrogens with one attached hydrogen (secondary N) is 1.